The third-order valence-electron chi connectivity index (χ3n) is 4.22. The summed E-state index contributed by atoms with van der Waals surface area (Å²) < 4.78 is 4.92. The van der Waals surface area contributed by atoms with Gasteiger partial charge in [0, 0.05) is 31.2 Å². The van der Waals surface area contributed by atoms with Crippen LogP contribution < -0.4 is 10.9 Å². The SMILES string of the molecule is COCCNC(=O)Cc1ccc2[nH]c(=O)c(Cc3ccccc3)cc2c1. The zero-order chi connectivity index (χ0) is 18.4. The van der Waals surface area contributed by atoms with Crippen LogP contribution in [0, 0.1) is 0 Å². The molecule has 0 saturated carbocycles. The molecule has 5 nitrogen and oxygen atoms in total. The van der Waals surface area contributed by atoms with Gasteiger partial charge in [-0.3, -0.25) is 9.59 Å². The minimum Gasteiger partial charge on any atom is -0.383 e. The van der Waals surface area contributed by atoms with Crippen molar-refractivity contribution in [2.75, 3.05) is 20.3 Å². The van der Waals surface area contributed by atoms with E-state index in [1.54, 1.807) is 7.11 Å². The zero-order valence-electron chi connectivity index (χ0n) is 14.7. The average molecular weight is 350 g/mol. The van der Waals surface area contributed by atoms with E-state index in [9.17, 15) is 9.59 Å². The second kappa shape index (κ2) is 8.45. The molecule has 0 aliphatic heterocycles. The lowest BCUT2D eigenvalue weighted by molar-refractivity contribution is -0.120. The molecule has 0 radical (unpaired) electrons. The number of amides is 1. The monoisotopic (exact) mass is 350 g/mol. The van der Waals surface area contributed by atoms with E-state index < -0.39 is 0 Å². The Balaban J connectivity index is 1.80. The van der Waals surface area contributed by atoms with E-state index in [0.29, 0.717) is 31.6 Å². The van der Waals surface area contributed by atoms with Gasteiger partial charge in [-0.15, -0.1) is 0 Å². The van der Waals surface area contributed by atoms with Crippen molar-refractivity contribution in [3.8, 4) is 0 Å². The van der Waals surface area contributed by atoms with E-state index in [-0.39, 0.29) is 11.5 Å². The molecule has 0 unspecified atom stereocenters. The van der Waals surface area contributed by atoms with Crippen molar-refractivity contribution in [2.24, 2.45) is 0 Å². The molecule has 1 amide bonds. The molecule has 3 rings (SSSR count). The van der Waals surface area contributed by atoms with Crippen molar-refractivity contribution in [1.82, 2.24) is 10.3 Å². The standard InChI is InChI=1S/C21H22N2O3/c1-26-10-9-22-20(24)13-16-7-8-19-17(12-16)14-18(21(25)23-19)11-15-5-3-2-4-6-15/h2-8,12,14H,9-11,13H2,1H3,(H,22,24)(H,23,25). The number of ether oxygens (including phenoxy) is 1. The van der Waals surface area contributed by atoms with Crippen LogP contribution in [0.2, 0.25) is 0 Å². The maximum Gasteiger partial charge on any atom is 0.251 e. The highest BCUT2D eigenvalue weighted by molar-refractivity contribution is 5.83. The number of carbonyl (C=O) groups excluding carboxylic acids is 1. The number of aromatic amines is 1. The Hall–Kier alpha value is -2.92. The van der Waals surface area contributed by atoms with Crippen molar-refractivity contribution in [2.45, 2.75) is 12.8 Å². The topological polar surface area (TPSA) is 71.2 Å². The number of aromatic nitrogens is 1. The van der Waals surface area contributed by atoms with Gasteiger partial charge in [0.05, 0.1) is 13.0 Å². The van der Waals surface area contributed by atoms with Crippen molar-refractivity contribution in [3.05, 3.63) is 81.6 Å². The number of fused-ring (bicyclic) bond motifs is 1. The van der Waals surface area contributed by atoms with Crippen molar-refractivity contribution < 1.29 is 9.53 Å². The molecule has 0 bridgehead atoms. The molecule has 0 aliphatic rings. The number of methoxy groups -OCH3 is 1. The molecule has 0 fully saturated rings. The zero-order valence-corrected chi connectivity index (χ0v) is 14.7. The third kappa shape index (κ3) is 4.58. The molecule has 2 aromatic carbocycles. The molecule has 26 heavy (non-hydrogen) atoms. The molecule has 3 aromatic rings. The van der Waals surface area contributed by atoms with Gasteiger partial charge in [-0.2, -0.15) is 0 Å². The number of hydrogen-bond donors (Lipinski definition) is 2. The second-order valence-electron chi connectivity index (χ2n) is 6.23. The highest BCUT2D eigenvalue weighted by Crippen LogP contribution is 2.16. The van der Waals surface area contributed by atoms with E-state index in [1.165, 1.54) is 0 Å². The molecule has 5 heteroatoms. The molecular formula is C21H22N2O3. The average Bonchev–Trinajstić information content (AvgIpc) is 2.64. The lowest BCUT2D eigenvalue weighted by atomic mass is 10.0. The molecular weight excluding hydrogens is 328 g/mol. The Labute approximate surface area is 152 Å². The van der Waals surface area contributed by atoms with E-state index in [1.807, 2.05) is 54.6 Å². The number of rotatable bonds is 7. The summed E-state index contributed by atoms with van der Waals surface area (Å²) in [6.45, 7) is 0.991. The van der Waals surface area contributed by atoms with Gasteiger partial charge in [0.25, 0.3) is 5.56 Å². The maximum absolute atomic E-state index is 12.3. The lowest BCUT2D eigenvalue weighted by Crippen LogP contribution is -2.28. The normalized spacial score (nSPS) is 10.8. The minimum absolute atomic E-state index is 0.0460. The van der Waals surface area contributed by atoms with Gasteiger partial charge in [-0.05, 0) is 34.7 Å². The first-order valence-corrected chi connectivity index (χ1v) is 8.60. The Morgan fingerprint density at radius 1 is 1.08 bits per heavy atom. The Kier molecular flexibility index (Phi) is 5.81. The largest absolute Gasteiger partial charge is 0.383 e. The quantitative estimate of drug-likeness (QED) is 0.643. The van der Waals surface area contributed by atoms with Crippen LogP contribution in [0.1, 0.15) is 16.7 Å². The van der Waals surface area contributed by atoms with Gasteiger partial charge in [0.1, 0.15) is 0 Å². The number of benzene rings is 2. The van der Waals surface area contributed by atoms with Gasteiger partial charge in [-0.1, -0.05) is 36.4 Å². The van der Waals surface area contributed by atoms with Crippen LogP contribution in [-0.4, -0.2) is 31.2 Å². The number of carbonyl (C=O) groups is 1. The fourth-order valence-corrected chi connectivity index (χ4v) is 2.90. The van der Waals surface area contributed by atoms with Crippen LogP contribution in [0.3, 0.4) is 0 Å². The van der Waals surface area contributed by atoms with Crippen LogP contribution in [0.25, 0.3) is 10.9 Å². The fraction of sp³-hybridized carbons (Fsp3) is 0.238. The summed E-state index contributed by atoms with van der Waals surface area (Å²) in [5.74, 6) is -0.0460. The Bertz CT molecular complexity index is 948. The summed E-state index contributed by atoms with van der Waals surface area (Å²) in [7, 11) is 1.60. The van der Waals surface area contributed by atoms with Gasteiger partial charge < -0.3 is 15.0 Å². The van der Waals surface area contributed by atoms with Gasteiger partial charge in [-0.25, -0.2) is 0 Å². The van der Waals surface area contributed by atoms with E-state index in [0.717, 1.165) is 22.0 Å². The summed E-state index contributed by atoms with van der Waals surface area (Å²) in [5.41, 5.74) is 3.41. The van der Waals surface area contributed by atoms with Gasteiger partial charge >= 0.3 is 0 Å². The molecule has 1 heterocycles. The predicted molar refractivity (Wildman–Crippen MR) is 102 cm³/mol. The van der Waals surface area contributed by atoms with E-state index in [2.05, 4.69) is 10.3 Å². The summed E-state index contributed by atoms with van der Waals surface area (Å²) in [6.07, 6.45) is 0.876. The van der Waals surface area contributed by atoms with Crippen LogP contribution in [-0.2, 0) is 22.4 Å². The van der Waals surface area contributed by atoms with Gasteiger partial charge in [0.15, 0.2) is 0 Å². The molecule has 0 atom stereocenters. The molecule has 1 aromatic heterocycles. The second-order valence-corrected chi connectivity index (χ2v) is 6.23. The van der Waals surface area contributed by atoms with Crippen molar-refractivity contribution >= 4 is 16.8 Å². The third-order valence-corrected chi connectivity index (χ3v) is 4.22. The summed E-state index contributed by atoms with van der Waals surface area (Å²) in [4.78, 5) is 27.2. The molecule has 0 aliphatic carbocycles. The molecule has 134 valence electrons. The number of pyridine rings is 1. The number of nitrogens with one attached hydrogen (secondary N) is 2. The van der Waals surface area contributed by atoms with E-state index >= 15 is 0 Å². The van der Waals surface area contributed by atoms with Crippen LogP contribution >= 0.6 is 0 Å². The van der Waals surface area contributed by atoms with Crippen LogP contribution in [0.4, 0.5) is 0 Å². The summed E-state index contributed by atoms with van der Waals surface area (Å²) >= 11 is 0. The highest BCUT2D eigenvalue weighted by atomic mass is 16.5. The molecule has 0 spiro atoms. The number of H-pyrrole nitrogens is 1. The smallest absolute Gasteiger partial charge is 0.251 e. The fourth-order valence-electron chi connectivity index (χ4n) is 2.90. The van der Waals surface area contributed by atoms with Crippen LogP contribution in [0.5, 0.6) is 0 Å². The Morgan fingerprint density at radius 2 is 1.88 bits per heavy atom. The summed E-state index contributed by atoms with van der Waals surface area (Å²) in [6, 6.07) is 17.5. The number of hydrogen-bond acceptors (Lipinski definition) is 3. The van der Waals surface area contributed by atoms with Gasteiger partial charge in [0.2, 0.25) is 5.91 Å². The van der Waals surface area contributed by atoms with Crippen molar-refractivity contribution in [1.29, 1.82) is 0 Å². The first kappa shape index (κ1) is 17.9. The molecule has 0 saturated heterocycles. The van der Waals surface area contributed by atoms with Crippen LogP contribution in [0.15, 0.2) is 59.4 Å². The highest BCUT2D eigenvalue weighted by Gasteiger charge is 2.07. The maximum atomic E-state index is 12.3. The first-order valence-electron chi connectivity index (χ1n) is 8.60. The minimum atomic E-state index is -0.0774. The van der Waals surface area contributed by atoms with E-state index in [4.69, 9.17) is 4.74 Å². The van der Waals surface area contributed by atoms with Crippen molar-refractivity contribution in [3.63, 3.8) is 0 Å². The first-order chi connectivity index (χ1) is 12.7. The Morgan fingerprint density at radius 3 is 2.65 bits per heavy atom. The molecule has 2 N–H and O–H groups in total. The predicted octanol–water partition coefficient (Wildman–Crippen LogP) is 2.42. The lowest BCUT2D eigenvalue weighted by Gasteiger charge is -2.07. The summed E-state index contributed by atoms with van der Waals surface area (Å²) in [5, 5.41) is 3.74.